The first-order valence-corrected chi connectivity index (χ1v) is 7.23. The van der Waals surface area contributed by atoms with Crippen LogP contribution in [0, 0.1) is 11.8 Å². The van der Waals surface area contributed by atoms with Crippen molar-refractivity contribution in [3.63, 3.8) is 0 Å². The maximum atomic E-state index is 12.2. The van der Waals surface area contributed by atoms with Crippen molar-refractivity contribution >= 4 is 15.7 Å². The zero-order valence-electron chi connectivity index (χ0n) is 10.4. The molecule has 1 aromatic heterocycles. The van der Waals surface area contributed by atoms with Crippen molar-refractivity contribution in [2.75, 3.05) is 11.3 Å². The van der Waals surface area contributed by atoms with Crippen molar-refractivity contribution in [3.05, 3.63) is 54.4 Å². The molecule has 2 aromatic rings. The monoisotopic (exact) mass is 288 g/mol. The van der Waals surface area contributed by atoms with E-state index in [0.717, 1.165) is 0 Å². The highest BCUT2D eigenvalue weighted by Gasteiger charge is 2.15. The molecule has 0 aliphatic carbocycles. The number of pyridine rings is 1. The third-order valence-corrected chi connectivity index (χ3v) is 3.77. The summed E-state index contributed by atoms with van der Waals surface area (Å²) in [6.45, 7) is -0.288. The fourth-order valence-electron chi connectivity index (χ4n) is 1.53. The molecule has 0 radical (unpaired) electrons. The first-order chi connectivity index (χ1) is 9.63. The molecule has 2 rings (SSSR count). The van der Waals surface area contributed by atoms with Crippen LogP contribution in [-0.2, 0) is 10.0 Å². The summed E-state index contributed by atoms with van der Waals surface area (Å²) < 4.78 is 26.8. The molecule has 102 valence electrons. The maximum absolute atomic E-state index is 12.2. The Morgan fingerprint density at radius 2 is 2.00 bits per heavy atom. The van der Waals surface area contributed by atoms with Gasteiger partial charge in [0.25, 0.3) is 10.0 Å². The molecule has 2 N–H and O–H groups in total. The number of hydrogen-bond donors (Lipinski definition) is 2. The Kier molecular flexibility index (Phi) is 4.35. The van der Waals surface area contributed by atoms with Crippen molar-refractivity contribution in [2.24, 2.45) is 0 Å². The minimum absolute atomic E-state index is 0.0740. The van der Waals surface area contributed by atoms with Gasteiger partial charge in [0.1, 0.15) is 11.5 Å². The van der Waals surface area contributed by atoms with Gasteiger partial charge in [-0.2, -0.15) is 0 Å². The second-order valence-corrected chi connectivity index (χ2v) is 5.48. The lowest BCUT2D eigenvalue weighted by Gasteiger charge is -2.09. The minimum Gasteiger partial charge on any atom is -0.384 e. The van der Waals surface area contributed by atoms with E-state index in [1.54, 1.807) is 30.3 Å². The fraction of sp³-hybridized carbons (Fsp3) is 0.0714. The minimum atomic E-state index is -3.70. The molecule has 0 spiro atoms. The van der Waals surface area contributed by atoms with E-state index in [1.807, 2.05) is 0 Å². The number of benzene rings is 1. The van der Waals surface area contributed by atoms with Crippen LogP contribution in [0.5, 0.6) is 0 Å². The molecule has 0 saturated heterocycles. The second-order valence-electron chi connectivity index (χ2n) is 3.80. The van der Waals surface area contributed by atoms with E-state index in [4.69, 9.17) is 5.11 Å². The van der Waals surface area contributed by atoms with E-state index >= 15 is 0 Å². The van der Waals surface area contributed by atoms with Crippen molar-refractivity contribution in [3.8, 4) is 11.8 Å². The van der Waals surface area contributed by atoms with Crippen LogP contribution in [0.15, 0.2) is 53.7 Å². The Labute approximate surface area is 117 Å². The number of aliphatic hydroxyl groups excluding tert-OH is 1. The number of hydrogen-bond acceptors (Lipinski definition) is 4. The molecule has 1 aromatic carbocycles. The fourth-order valence-corrected chi connectivity index (χ4v) is 2.57. The molecule has 0 amide bonds. The van der Waals surface area contributed by atoms with Gasteiger partial charge in [-0.1, -0.05) is 24.0 Å². The molecule has 0 bridgehead atoms. The first-order valence-electron chi connectivity index (χ1n) is 5.75. The van der Waals surface area contributed by atoms with Crippen LogP contribution >= 0.6 is 0 Å². The maximum Gasteiger partial charge on any atom is 0.263 e. The van der Waals surface area contributed by atoms with Gasteiger partial charge >= 0.3 is 0 Å². The van der Waals surface area contributed by atoms with Gasteiger partial charge in [-0.3, -0.25) is 9.71 Å². The Morgan fingerprint density at radius 3 is 2.70 bits per heavy atom. The van der Waals surface area contributed by atoms with Gasteiger partial charge in [0, 0.05) is 18.0 Å². The molecule has 1 heterocycles. The summed E-state index contributed by atoms with van der Waals surface area (Å²) in [7, 11) is -3.70. The molecule has 6 heteroatoms. The number of para-hydroxylation sites is 1. The van der Waals surface area contributed by atoms with E-state index in [-0.39, 0.29) is 11.5 Å². The highest BCUT2D eigenvalue weighted by molar-refractivity contribution is 7.92. The quantitative estimate of drug-likeness (QED) is 0.832. The Hall–Kier alpha value is -2.36. The molecule has 5 nitrogen and oxygen atoms in total. The molecule has 0 atom stereocenters. The van der Waals surface area contributed by atoms with Gasteiger partial charge in [0.2, 0.25) is 0 Å². The number of aliphatic hydroxyl groups is 1. The zero-order valence-corrected chi connectivity index (χ0v) is 11.3. The molecule has 20 heavy (non-hydrogen) atoms. The van der Waals surface area contributed by atoms with Gasteiger partial charge in [-0.05, 0) is 24.3 Å². The van der Waals surface area contributed by atoms with Crippen LogP contribution < -0.4 is 4.72 Å². The predicted molar refractivity (Wildman–Crippen MR) is 75.5 cm³/mol. The second kappa shape index (κ2) is 6.19. The van der Waals surface area contributed by atoms with Crippen LogP contribution in [-0.4, -0.2) is 25.1 Å². The van der Waals surface area contributed by atoms with Crippen LogP contribution in [0.25, 0.3) is 0 Å². The van der Waals surface area contributed by atoms with Gasteiger partial charge in [-0.25, -0.2) is 8.42 Å². The van der Waals surface area contributed by atoms with Gasteiger partial charge in [0.05, 0.1) is 5.69 Å². The van der Waals surface area contributed by atoms with E-state index in [2.05, 4.69) is 21.5 Å². The molecular formula is C14H12N2O3S. The van der Waals surface area contributed by atoms with E-state index in [0.29, 0.717) is 11.3 Å². The normalized spacial score (nSPS) is 10.4. The average Bonchev–Trinajstić information content (AvgIpc) is 2.47. The van der Waals surface area contributed by atoms with E-state index in [9.17, 15) is 8.42 Å². The number of sulfonamides is 1. The SMILES string of the molecule is O=S(=O)(Nc1ccccc1C#CCO)c1cccnc1. The molecular weight excluding hydrogens is 276 g/mol. The van der Waals surface area contributed by atoms with Gasteiger partial charge in [-0.15, -0.1) is 0 Å². The van der Waals surface area contributed by atoms with Gasteiger partial charge in [0.15, 0.2) is 0 Å². The zero-order chi connectivity index (χ0) is 14.4. The number of aromatic nitrogens is 1. The smallest absolute Gasteiger partial charge is 0.263 e. The molecule has 0 saturated carbocycles. The summed E-state index contributed by atoms with van der Waals surface area (Å²) in [5, 5.41) is 8.71. The average molecular weight is 288 g/mol. The summed E-state index contributed by atoms with van der Waals surface area (Å²) in [6, 6.07) is 9.72. The van der Waals surface area contributed by atoms with Crippen molar-refractivity contribution in [2.45, 2.75) is 4.90 Å². The van der Waals surface area contributed by atoms with E-state index in [1.165, 1.54) is 18.5 Å². The number of nitrogens with one attached hydrogen (secondary N) is 1. The van der Waals surface area contributed by atoms with Crippen molar-refractivity contribution < 1.29 is 13.5 Å². The Bertz CT molecular complexity index is 747. The van der Waals surface area contributed by atoms with Crippen molar-refractivity contribution in [1.29, 1.82) is 0 Å². The van der Waals surface area contributed by atoms with Crippen LogP contribution in [0.3, 0.4) is 0 Å². The lowest BCUT2D eigenvalue weighted by Crippen LogP contribution is -2.13. The van der Waals surface area contributed by atoms with Crippen molar-refractivity contribution in [1.82, 2.24) is 4.98 Å². The third kappa shape index (κ3) is 3.35. The number of anilines is 1. The molecule has 0 aliphatic rings. The highest BCUT2D eigenvalue weighted by Crippen LogP contribution is 2.18. The van der Waals surface area contributed by atoms with E-state index < -0.39 is 10.0 Å². The summed E-state index contributed by atoms with van der Waals surface area (Å²) in [5.41, 5.74) is 0.853. The standard InChI is InChI=1S/C14H12N2O3S/c17-10-4-6-12-5-1-2-8-14(12)16-20(18,19)13-7-3-9-15-11-13/h1-3,5,7-9,11,16-17H,10H2. The summed E-state index contributed by atoms with van der Waals surface area (Å²) >= 11 is 0. The third-order valence-electron chi connectivity index (χ3n) is 2.42. The van der Waals surface area contributed by atoms with Crippen LogP contribution in [0.1, 0.15) is 5.56 Å². The highest BCUT2D eigenvalue weighted by atomic mass is 32.2. The number of rotatable bonds is 3. The predicted octanol–water partition coefficient (Wildman–Crippen LogP) is 1.23. The summed E-state index contributed by atoms with van der Waals surface area (Å²) in [4.78, 5) is 3.86. The lowest BCUT2D eigenvalue weighted by atomic mass is 10.2. The van der Waals surface area contributed by atoms with Crippen LogP contribution in [0.2, 0.25) is 0 Å². The number of nitrogens with zero attached hydrogens (tertiary/aromatic N) is 1. The summed E-state index contributed by atoms with van der Waals surface area (Å²) in [6.07, 6.45) is 2.77. The molecule has 0 aliphatic heterocycles. The Morgan fingerprint density at radius 1 is 1.20 bits per heavy atom. The molecule has 0 unspecified atom stereocenters. The lowest BCUT2D eigenvalue weighted by molar-refractivity contribution is 0.350. The van der Waals surface area contributed by atoms with Crippen LogP contribution in [0.4, 0.5) is 5.69 Å². The first kappa shape index (κ1) is 14.1. The largest absolute Gasteiger partial charge is 0.384 e. The van der Waals surface area contributed by atoms with Gasteiger partial charge < -0.3 is 5.11 Å². The topological polar surface area (TPSA) is 79.3 Å². The summed E-state index contributed by atoms with van der Waals surface area (Å²) in [5.74, 6) is 5.18. The molecule has 0 fully saturated rings. The Balaban J connectivity index is 2.35.